The summed E-state index contributed by atoms with van der Waals surface area (Å²) in [4.78, 5) is 18.3. The van der Waals surface area contributed by atoms with Crippen LogP contribution in [-0.4, -0.2) is 61.3 Å². The lowest BCUT2D eigenvalue weighted by Gasteiger charge is -2.24. The Kier molecular flexibility index (Phi) is 5.43. The van der Waals surface area contributed by atoms with Crippen molar-refractivity contribution in [2.75, 3.05) is 20.2 Å². The number of carbonyl (C=O) groups excluding carboxylic acids is 1. The number of rotatable bonds is 4. The molecule has 2 aromatic heterocycles. The van der Waals surface area contributed by atoms with Crippen LogP contribution in [0.4, 0.5) is 4.79 Å². The van der Waals surface area contributed by atoms with Gasteiger partial charge in [0.25, 0.3) is 0 Å². The molecule has 1 aromatic carbocycles. The Balaban J connectivity index is 1.50. The number of hydrogen-bond acceptors (Lipinski definition) is 6. The van der Waals surface area contributed by atoms with Crippen LogP contribution in [0.15, 0.2) is 36.9 Å². The molecule has 1 atom stereocenters. The van der Waals surface area contributed by atoms with E-state index in [1.165, 1.54) is 0 Å². The van der Waals surface area contributed by atoms with Crippen molar-refractivity contribution < 1.29 is 14.3 Å². The van der Waals surface area contributed by atoms with Gasteiger partial charge >= 0.3 is 6.09 Å². The van der Waals surface area contributed by atoms with E-state index in [1.807, 2.05) is 67.5 Å². The SMILES string of the molecule is COc1cc(-c2cn(C3CCN(C(=O)OC(C)(C)C)C3)nn2)ccc1-n1cnc(C)c1. The number of likely N-dealkylation sites (tertiary alicyclic amines) is 1. The summed E-state index contributed by atoms with van der Waals surface area (Å²) in [6.07, 6.45) is 6.15. The number of aryl methyl sites for hydroxylation is 1. The van der Waals surface area contributed by atoms with E-state index in [-0.39, 0.29) is 12.1 Å². The Bertz CT molecular complexity index is 1080. The minimum atomic E-state index is -0.504. The zero-order chi connectivity index (χ0) is 22.2. The quantitative estimate of drug-likeness (QED) is 0.636. The van der Waals surface area contributed by atoms with Crippen LogP contribution in [0.5, 0.6) is 5.75 Å². The van der Waals surface area contributed by atoms with E-state index in [4.69, 9.17) is 9.47 Å². The molecule has 164 valence electrons. The highest BCUT2D eigenvalue weighted by Gasteiger charge is 2.31. The Hall–Kier alpha value is -3.36. The lowest BCUT2D eigenvalue weighted by atomic mass is 10.1. The van der Waals surface area contributed by atoms with Crippen LogP contribution in [0.2, 0.25) is 0 Å². The van der Waals surface area contributed by atoms with Gasteiger partial charge in [-0.1, -0.05) is 11.3 Å². The van der Waals surface area contributed by atoms with Crippen molar-refractivity contribution in [3.63, 3.8) is 0 Å². The van der Waals surface area contributed by atoms with Crippen molar-refractivity contribution in [2.45, 2.75) is 45.8 Å². The average Bonchev–Trinajstić information content (AvgIpc) is 3.46. The number of methoxy groups -OCH3 is 1. The van der Waals surface area contributed by atoms with E-state index < -0.39 is 5.60 Å². The van der Waals surface area contributed by atoms with Crippen molar-refractivity contribution in [1.29, 1.82) is 0 Å². The topological polar surface area (TPSA) is 87.3 Å². The van der Waals surface area contributed by atoms with Crippen LogP contribution in [0, 0.1) is 6.92 Å². The number of aromatic nitrogens is 5. The van der Waals surface area contributed by atoms with Crippen LogP contribution >= 0.6 is 0 Å². The fourth-order valence-electron chi connectivity index (χ4n) is 3.64. The maximum absolute atomic E-state index is 12.3. The third kappa shape index (κ3) is 4.55. The van der Waals surface area contributed by atoms with Gasteiger partial charge in [0.2, 0.25) is 0 Å². The zero-order valence-corrected chi connectivity index (χ0v) is 18.6. The molecule has 1 unspecified atom stereocenters. The predicted molar refractivity (Wildman–Crippen MR) is 115 cm³/mol. The molecule has 0 bridgehead atoms. The number of carbonyl (C=O) groups is 1. The van der Waals surface area contributed by atoms with Crippen molar-refractivity contribution in [3.8, 4) is 22.7 Å². The first-order valence-electron chi connectivity index (χ1n) is 10.3. The van der Waals surface area contributed by atoms with Gasteiger partial charge in [-0.2, -0.15) is 0 Å². The van der Waals surface area contributed by atoms with Crippen LogP contribution in [0.25, 0.3) is 16.9 Å². The smallest absolute Gasteiger partial charge is 0.410 e. The fourth-order valence-corrected chi connectivity index (χ4v) is 3.64. The minimum absolute atomic E-state index is 0.0730. The molecule has 1 amide bonds. The highest BCUT2D eigenvalue weighted by Crippen LogP contribution is 2.30. The number of ether oxygens (including phenoxy) is 2. The molecule has 1 fully saturated rings. The summed E-state index contributed by atoms with van der Waals surface area (Å²) < 4.78 is 14.8. The van der Waals surface area contributed by atoms with Gasteiger partial charge < -0.3 is 18.9 Å². The Morgan fingerprint density at radius 3 is 2.71 bits per heavy atom. The van der Waals surface area contributed by atoms with Crippen LogP contribution in [0.1, 0.15) is 38.9 Å². The van der Waals surface area contributed by atoms with Crippen molar-refractivity contribution in [1.82, 2.24) is 29.4 Å². The van der Waals surface area contributed by atoms with Gasteiger partial charge in [-0.25, -0.2) is 14.5 Å². The van der Waals surface area contributed by atoms with Crippen molar-refractivity contribution in [2.24, 2.45) is 0 Å². The normalized spacial score (nSPS) is 16.5. The summed E-state index contributed by atoms with van der Waals surface area (Å²) >= 11 is 0. The Morgan fingerprint density at radius 1 is 1.23 bits per heavy atom. The summed E-state index contributed by atoms with van der Waals surface area (Å²) in [5, 5.41) is 8.66. The molecule has 1 aliphatic rings. The molecule has 9 heteroatoms. The second kappa shape index (κ2) is 8.05. The van der Waals surface area contributed by atoms with Gasteiger partial charge in [-0.3, -0.25) is 0 Å². The molecule has 0 saturated carbocycles. The predicted octanol–water partition coefficient (Wildman–Crippen LogP) is 3.63. The molecule has 0 radical (unpaired) electrons. The van der Waals surface area contributed by atoms with Gasteiger partial charge in [0.15, 0.2) is 0 Å². The molecule has 9 nitrogen and oxygen atoms in total. The monoisotopic (exact) mass is 424 g/mol. The Morgan fingerprint density at radius 2 is 2.03 bits per heavy atom. The lowest BCUT2D eigenvalue weighted by molar-refractivity contribution is 0.0288. The Labute approximate surface area is 181 Å². The van der Waals surface area contributed by atoms with E-state index in [0.717, 1.165) is 34.8 Å². The molecule has 4 rings (SSSR count). The summed E-state index contributed by atoms with van der Waals surface area (Å²) in [6, 6.07) is 5.99. The van der Waals surface area contributed by atoms with E-state index in [1.54, 1.807) is 18.3 Å². The maximum Gasteiger partial charge on any atom is 0.410 e. The van der Waals surface area contributed by atoms with Crippen LogP contribution < -0.4 is 4.74 Å². The summed E-state index contributed by atoms with van der Waals surface area (Å²) in [7, 11) is 1.65. The molecular weight excluding hydrogens is 396 g/mol. The third-order valence-electron chi connectivity index (χ3n) is 5.16. The van der Waals surface area contributed by atoms with E-state index in [0.29, 0.717) is 13.1 Å². The lowest BCUT2D eigenvalue weighted by Crippen LogP contribution is -2.35. The average molecular weight is 425 g/mol. The molecule has 0 spiro atoms. The van der Waals surface area contributed by atoms with Gasteiger partial charge in [0, 0.05) is 24.8 Å². The van der Waals surface area contributed by atoms with Crippen molar-refractivity contribution in [3.05, 3.63) is 42.6 Å². The first kappa shape index (κ1) is 20.9. The standard InChI is InChI=1S/C22H28N6O3/c1-15-11-27(14-23-15)19-7-6-16(10-20(19)30-5)18-13-28(25-24-18)17-8-9-26(12-17)21(29)31-22(2,3)4/h6-7,10-11,13-14,17H,8-9,12H2,1-5H3. The van der Waals surface area contributed by atoms with Gasteiger partial charge in [-0.15, -0.1) is 5.10 Å². The molecule has 1 aliphatic heterocycles. The van der Waals surface area contributed by atoms with E-state index in [9.17, 15) is 4.79 Å². The molecule has 0 N–H and O–H groups in total. The van der Waals surface area contributed by atoms with Gasteiger partial charge in [-0.05, 0) is 46.2 Å². The third-order valence-corrected chi connectivity index (χ3v) is 5.16. The van der Waals surface area contributed by atoms with Gasteiger partial charge in [0.1, 0.15) is 17.0 Å². The van der Waals surface area contributed by atoms with Crippen LogP contribution in [0.3, 0.4) is 0 Å². The summed E-state index contributed by atoms with van der Waals surface area (Å²) in [5.74, 6) is 0.724. The van der Waals surface area contributed by atoms with Crippen molar-refractivity contribution >= 4 is 6.09 Å². The molecule has 31 heavy (non-hydrogen) atoms. The second-order valence-corrected chi connectivity index (χ2v) is 8.76. The maximum atomic E-state index is 12.3. The van der Waals surface area contributed by atoms with Crippen LogP contribution in [-0.2, 0) is 4.74 Å². The van der Waals surface area contributed by atoms with E-state index >= 15 is 0 Å². The molecule has 0 aliphatic carbocycles. The number of hydrogen-bond donors (Lipinski definition) is 0. The number of benzene rings is 1. The number of nitrogens with zero attached hydrogens (tertiary/aromatic N) is 6. The highest BCUT2D eigenvalue weighted by molar-refractivity contribution is 5.68. The molecule has 3 aromatic rings. The summed E-state index contributed by atoms with van der Waals surface area (Å²) in [5.41, 5.74) is 3.00. The largest absolute Gasteiger partial charge is 0.495 e. The zero-order valence-electron chi connectivity index (χ0n) is 18.6. The number of amides is 1. The first-order valence-corrected chi connectivity index (χ1v) is 10.3. The summed E-state index contributed by atoms with van der Waals surface area (Å²) in [6.45, 7) is 8.76. The molecular formula is C22H28N6O3. The van der Waals surface area contributed by atoms with E-state index in [2.05, 4.69) is 15.3 Å². The first-order chi connectivity index (χ1) is 14.7. The fraction of sp³-hybridized carbons (Fsp3) is 0.455. The minimum Gasteiger partial charge on any atom is -0.495 e. The molecule has 1 saturated heterocycles. The second-order valence-electron chi connectivity index (χ2n) is 8.76. The highest BCUT2D eigenvalue weighted by atomic mass is 16.6. The molecule has 3 heterocycles. The number of imidazole rings is 1. The van der Waals surface area contributed by atoms with Gasteiger partial charge in [0.05, 0.1) is 37.1 Å².